The van der Waals surface area contributed by atoms with Crippen molar-refractivity contribution in [1.82, 2.24) is 15.1 Å². The quantitative estimate of drug-likeness (QED) is 0.360. The maximum atomic E-state index is 12.4. The van der Waals surface area contributed by atoms with E-state index < -0.39 is 11.8 Å². The van der Waals surface area contributed by atoms with Crippen molar-refractivity contribution in [3.63, 3.8) is 0 Å². The maximum Gasteiger partial charge on any atom is 0.279 e. The zero-order chi connectivity index (χ0) is 21.4. The molecule has 9 nitrogen and oxygen atoms in total. The summed E-state index contributed by atoms with van der Waals surface area (Å²) < 4.78 is 4.93. The van der Waals surface area contributed by atoms with Crippen molar-refractivity contribution in [2.75, 3.05) is 46.7 Å². The zero-order valence-electron chi connectivity index (χ0n) is 17.1. The first-order valence-corrected chi connectivity index (χ1v) is 8.89. The molecular weight excluding hydrogens is 364 g/mol. The Labute approximate surface area is 164 Å². The van der Waals surface area contributed by atoms with Gasteiger partial charge in [0.2, 0.25) is 0 Å². The number of rotatable bonds is 7. The Bertz CT molecular complexity index is 774. The molecule has 1 aliphatic rings. The number of aromatic hydroxyl groups is 1. The van der Waals surface area contributed by atoms with E-state index in [9.17, 15) is 19.5 Å². The fraction of sp³-hybridized carbons (Fsp3) is 0.421. The minimum absolute atomic E-state index is 0.00152. The Balaban J connectivity index is 0.00000190. The number of phenols is 1. The second-order valence-corrected chi connectivity index (χ2v) is 5.87. The average Bonchev–Trinajstić information content (AvgIpc) is 2.89. The second kappa shape index (κ2) is 10.3. The van der Waals surface area contributed by atoms with Gasteiger partial charge in [-0.15, -0.1) is 0 Å². The number of para-hydroxylation sites is 1. The van der Waals surface area contributed by atoms with Gasteiger partial charge in [0, 0.05) is 34.8 Å². The van der Waals surface area contributed by atoms with Crippen molar-refractivity contribution in [3.05, 3.63) is 35.2 Å². The molecule has 0 atom stereocenters. The molecule has 28 heavy (non-hydrogen) atoms. The molecule has 0 bridgehead atoms. The first kappa shape index (κ1) is 23.0. The van der Waals surface area contributed by atoms with Gasteiger partial charge in [0.15, 0.2) is 5.75 Å². The Morgan fingerprint density at radius 2 is 1.79 bits per heavy atom. The van der Waals surface area contributed by atoms with E-state index in [1.165, 1.54) is 31.2 Å². The van der Waals surface area contributed by atoms with Crippen LogP contribution in [0.2, 0.25) is 0 Å². The van der Waals surface area contributed by atoms with E-state index in [0.29, 0.717) is 13.2 Å². The second-order valence-electron chi connectivity index (χ2n) is 5.87. The van der Waals surface area contributed by atoms with E-state index in [1.54, 1.807) is 20.2 Å². The summed E-state index contributed by atoms with van der Waals surface area (Å²) in [5.41, 5.74) is 0.312. The predicted octanol–water partition coefficient (Wildman–Crippen LogP) is 0.978. The van der Waals surface area contributed by atoms with Crippen molar-refractivity contribution in [1.29, 1.82) is 0 Å². The molecule has 2 rings (SSSR count). The fourth-order valence-corrected chi connectivity index (χ4v) is 2.39. The maximum absolute atomic E-state index is 12.4. The van der Waals surface area contributed by atoms with Crippen molar-refractivity contribution >= 4 is 23.4 Å². The third-order valence-corrected chi connectivity index (χ3v) is 3.83. The molecule has 0 unspecified atom stereocenters. The molecule has 0 aromatic heterocycles. The summed E-state index contributed by atoms with van der Waals surface area (Å²) in [5.74, 6) is -1.72. The molecule has 0 radical (unpaired) electrons. The number of carbonyl (C=O) groups excluding carboxylic acids is 3. The summed E-state index contributed by atoms with van der Waals surface area (Å²) in [5, 5.41) is 16.0. The molecule has 3 N–H and O–H groups in total. The minimum Gasteiger partial charge on any atom is -0.505 e. The third-order valence-electron chi connectivity index (χ3n) is 3.83. The molecular formula is C19H28N4O5. The number of hydrogen-bond donors (Lipinski definition) is 3. The third kappa shape index (κ3) is 4.80. The number of nitrogens with one attached hydrogen (secondary N) is 2. The molecule has 1 aromatic carbocycles. The topological polar surface area (TPSA) is 111 Å². The highest BCUT2D eigenvalue weighted by molar-refractivity contribution is 6.20. The smallest absolute Gasteiger partial charge is 0.279 e. The number of amides is 3. The summed E-state index contributed by atoms with van der Waals surface area (Å²) in [6, 6.07) is 4.56. The molecule has 0 spiro atoms. The summed E-state index contributed by atoms with van der Waals surface area (Å²) in [7, 11) is 6.02. The molecule has 3 amide bonds. The van der Waals surface area contributed by atoms with E-state index in [0.717, 1.165) is 4.90 Å². The van der Waals surface area contributed by atoms with Crippen LogP contribution in [0.4, 0.5) is 5.69 Å². The van der Waals surface area contributed by atoms with E-state index in [-0.39, 0.29) is 34.3 Å². The van der Waals surface area contributed by atoms with Gasteiger partial charge < -0.3 is 25.4 Å². The summed E-state index contributed by atoms with van der Waals surface area (Å²) in [4.78, 5) is 39.0. The van der Waals surface area contributed by atoms with Gasteiger partial charge in [-0.3, -0.25) is 19.3 Å². The van der Waals surface area contributed by atoms with Crippen LogP contribution < -0.4 is 10.6 Å². The number of likely N-dealkylation sites (N-methyl/N-ethyl adjacent to an activating group) is 1. The number of nitrogens with zero attached hydrogens (tertiary/aromatic N) is 2. The molecule has 0 saturated heterocycles. The Morgan fingerprint density at radius 1 is 1.18 bits per heavy atom. The highest BCUT2D eigenvalue weighted by atomic mass is 16.5. The van der Waals surface area contributed by atoms with Crippen LogP contribution in [-0.4, -0.2) is 74.0 Å². The lowest BCUT2D eigenvalue weighted by molar-refractivity contribution is -0.136. The van der Waals surface area contributed by atoms with Crippen LogP contribution in [0.1, 0.15) is 24.2 Å². The lowest BCUT2D eigenvalue weighted by Crippen LogP contribution is -2.30. The normalized spacial score (nSPS) is 13.3. The van der Waals surface area contributed by atoms with E-state index in [2.05, 4.69) is 10.6 Å². The first-order chi connectivity index (χ1) is 13.3. The van der Waals surface area contributed by atoms with Gasteiger partial charge in [-0.05, 0) is 12.1 Å². The van der Waals surface area contributed by atoms with Crippen LogP contribution in [-0.2, 0) is 14.3 Å². The SMILES string of the molecule is CC.COCCNC1=C(Nc2cccc(C(=O)N(C)C)c2O)C(=O)N(C)C1=O. The lowest BCUT2D eigenvalue weighted by Gasteiger charge is -2.15. The summed E-state index contributed by atoms with van der Waals surface area (Å²) >= 11 is 0. The highest BCUT2D eigenvalue weighted by Gasteiger charge is 2.36. The molecule has 1 heterocycles. The fourth-order valence-electron chi connectivity index (χ4n) is 2.39. The van der Waals surface area contributed by atoms with E-state index in [1.807, 2.05) is 13.8 Å². The van der Waals surface area contributed by atoms with Gasteiger partial charge in [-0.25, -0.2) is 0 Å². The van der Waals surface area contributed by atoms with Crippen LogP contribution >= 0.6 is 0 Å². The van der Waals surface area contributed by atoms with Crippen LogP contribution in [0, 0.1) is 0 Å². The van der Waals surface area contributed by atoms with Gasteiger partial charge >= 0.3 is 0 Å². The average molecular weight is 392 g/mol. The van der Waals surface area contributed by atoms with E-state index >= 15 is 0 Å². The molecule has 0 fully saturated rings. The number of anilines is 1. The number of carbonyl (C=O) groups is 3. The number of hydrogen-bond acceptors (Lipinski definition) is 7. The van der Waals surface area contributed by atoms with Gasteiger partial charge in [-0.1, -0.05) is 19.9 Å². The van der Waals surface area contributed by atoms with Gasteiger partial charge in [0.05, 0.1) is 17.9 Å². The largest absolute Gasteiger partial charge is 0.505 e. The molecule has 154 valence electrons. The van der Waals surface area contributed by atoms with Crippen LogP contribution in [0.25, 0.3) is 0 Å². The lowest BCUT2D eigenvalue weighted by atomic mass is 10.1. The number of methoxy groups -OCH3 is 1. The van der Waals surface area contributed by atoms with Gasteiger partial charge in [0.25, 0.3) is 17.7 Å². The van der Waals surface area contributed by atoms with Crippen LogP contribution in [0.5, 0.6) is 5.75 Å². The van der Waals surface area contributed by atoms with Crippen molar-refractivity contribution in [3.8, 4) is 5.75 Å². The van der Waals surface area contributed by atoms with Crippen molar-refractivity contribution in [2.24, 2.45) is 0 Å². The minimum atomic E-state index is -0.543. The van der Waals surface area contributed by atoms with Crippen molar-refractivity contribution in [2.45, 2.75) is 13.8 Å². The number of imide groups is 1. The predicted molar refractivity (Wildman–Crippen MR) is 106 cm³/mol. The standard InChI is InChI=1S/C17H22N4O5.C2H6/c1-20(2)15(23)10-6-5-7-11(14(10)22)19-13-12(18-8-9-26-4)16(24)21(3)17(13)25;1-2/h5-7,18-19,22H,8-9H2,1-4H3;1-2H3. The van der Waals surface area contributed by atoms with Crippen LogP contribution in [0.3, 0.4) is 0 Å². The van der Waals surface area contributed by atoms with Crippen LogP contribution in [0.15, 0.2) is 29.6 Å². The number of ether oxygens (including phenoxy) is 1. The first-order valence-electron chi connectivity index (χ1n) is 8.89. The monoisotopic (exact) mass is 392 g/mol. The Hall–Kier alpha value is -3.07. The number of phenolic OH excluding ortho intramolecular Hbond substituents is 1. The summed E-state index contributed by atoms with van der Waals surface area (Å²) in [6.45, 7) is 4.68. The van der Waals surface area contributed by atoms with Gasteiger partial charge in [-0.2, -0.15) is 0 Å². The van der Waals surface area contributed by atoms with Crippen molar-refractivity contribution < 1.29 is 24.2 Å². The molecule has 1 aliphatic heterocycles. The molecule has 0 aliphatic carbocycles. The molecule has 9 heteroatoms. The molecule has 0 saturated carbocycles. The molecule has 1 aromatic rings. The zero-order valence-corrected chi connectivity index (χ0v) is 17.1. The Kier molecular flexibility index (Phi) is 8.46. The van der Waals surface area contributed by atoms with Gasteiger partial charge in [0.1, 0.15) is 11.4 Å². The number of benzene rings is 1. The Morgan fingerprint density at radius 3 is 2.36 bits per heavy atom. The highest BCUT2D eigenvalue weighted by Crippen LogP contribution is 2.31. The summed E-state index contributed by atoms with van der Waals surface area (Å²) in [6.07, 6.45) is 0. The van der Waals surface area contributed by atoms with E-state index in [4.69, 9.17) is 4.74 Å².